The zero-order valence-corrected chi connectivity index (χ0v) is 19.1. The molecular weight excluding hydrogens is 403 g/mol. The lowest BCUT2D eigenvalue weighted by atomic mass is 10.1. The lowest BCUT2D eigenvalue weighted by Gasteiger charge is -2.10. The van der Waals surface area contributed by atoms with Crippen molar-refractivity contribution in [2.45, 2.75) is 58.5 Å². The molecule has 3 rings (SSSR count). The van der Waals surface area contributed by atoms with Gasteiger partial charge in [0.1, 0.15) is 24.3 Å². The summed E-state index contributed by atoms with van der Waals surface area (Å²) in [6.45, 7) is 5.08. The van der Waals surface area contributed by atoms with Crippen molar-refractivity contribution >= 4 is 0 Å². The number of ether oxygens (including phenoxy) is 2. The Labute approximate surface area is 190 Å². The van der Waals surface area contributed by atoms with Crippen LogP contribution in [0.2, 0.25) is 0 Å². The molecule has 1 unspecified atom stereocenters. The summed E-state index contributed by atoms with van der Waals surface area (Å²) < 4.78 is 25.1. The molecule has 0 radical (unpaired) electrons. The van der Waals surface area contributed by atoms with Crippen LogP contribution in [-0.4, -0.2) is 29.4 Å². The van der Waals surface area contributed by atoms with Crippen molar-refractivity contribution < 1.29 is 13.9 Å². The van der Waals surface area contributed by atoms with Gasteiger partial charge in [0, 0.05) is 23.5 Å². The molecule has 0 N–H and O–H groups in total. The molecular formula is C27H33FN2O2. The average molecular weight is 437 g/mol. The number of unbranched alkanes of at least 4 members (excludes halogenated alkanes) is 3. The first-order valence-corrected chi connectivity index (χ1v) is 11.6. The van der Waals surface area contributed by atoms with Crippen molar-refractivity contribution in [2.24, 2.45) is 0 Å². The van der Waals surface area contributed by atoms with E-state index in [1.165, 1.54) is 12.8 Å². The third-order valence-electron chi connectivity index (χ3n) is 5.27. The van der Waals surface area contributed by atoms with E-state index in [0.29, 0.717) is 18.0 Å². The van der Waals surface area contributed by atoms with Gasteiger partial charge in [-0.2, -0.15) is 0 Å². The van der Waals surface area contributed by atoms with E-state index in [9.17, 15) is 4.39 Å². The number of hydrogen-bond donors (Lipinski definition) is 0. The highest BCUT2D eigenvalue weighted by Gasteiger charge is 2.08. The van der Waals surface area contributed by atoms with Crippen molar-refractivity contribution in [1.29, 1.82) is 0 Å². The van der Waals surface area contributed by atoms with Gasteiger partial charge in [-0.05, 0) is 54.8 Å². The number of nitrogens with zero attached hydrogens (tertiary/aromatic N) is 2. The number of hydrogen-bond acceptors (Lipinski definition) is 4. The number of halogens is 1. The first-order valence-electron chi connectivity index (χ1n) is 11.6. The second kappa shape index (κ2) is 12.8. The normalized spacial score (nSPS) is 11.8. The van der Waals surface area contributed by atoms with Crippen molar-refractivity contribution in [2.75, 3.05) is 13.2 Å². The van der Waals surface area contributed by atoms with E-state index >= 15 is 0 Å². The van der Waals surface area contributed by atoms with Crippen molar-refractivity contribution in [3.63, 3.8) is 0 Å². The van der Waals surface area contributed by atoms with E-state index in [-0.39, 0.29) is 6.61 Å². The molecule has 1 aromatic heterocycles. The van der Waals surface area contributed by atoms with Gasteiger partial charge >= 0.3 is 0 Å². The van der Waals surface area contributed by atoms with Gasteiger partial charge in [-0.15, -0.1) is 0 Å². The minimum atomic E-state index is -0.924. The van der Waals surface area contributed by atoms with Crippen LogP contribution < -0.4 is 9.47 Å². The SMILES string of the molecule is CCCCCOc1ccc(-c2cnc(-c3ccc(OCC(F)CCCC)cc3)nc2)cc1. The van der Waals surface area contributed by atoms with Gasteiger partial charge in [0.2, 0.25) is 0 Å². The summed E-state index contributed by atoms with van der Waals surface area (Å²) in [6.07, 6.45) is 8.60. The van der Waals surface area contributed by atoms with E-state index in [4.69, 9.17) is 9.47 Å². The molecule has 1 heterocycles. The number of rotatable bonds is 13. The molecule has 3 aromatic rings. The maximum atomic E-state index is 13.8. The van der Waals surface area contributed by atoms with Crippen LogP contribution in [0.4, 0.5) is 4.39 Å². The number of benzene rings is 2. The van der Waals surface area contributed by atoms with Crippen molar-refractivity contribution in [3.8, 4) is 34.0 Å². The number of alkyl halides is 1. The van der Waals surface area contributed by atoms with Gasteiger partial charge in [-0.3, -0.25) is 0 Å². The van der Waals surface area contributed by atoms with Gasteiger partial charge in [-0.25, -0.2) is 14.4 Å². The fraction of sp³-hybridized carbons (Fsp3) is 0.407. The predicted octanol–water partition coefficient (Wildman–Crippen LogP) is 7.29. The molecule has 0 bridgehead atoms. The molecule has 0 aliphatic rings. The highest BCUT2D eigenvalue weighted by Crippen LogP contribution is 2.24. The standard InChI is InChI=1S/C27H33FN2O2/c1-3-5-7-17-31-25-13-9-21(10-14-25)23-18-29-27(30-19-23)22-11-15-26(16-12-22)32-20-24(28)8-6-4-2/h9-16,18-19,24H,3-8,17,20H2,1-2H3. The van der Waals surface area contributed by atoms with E-state index < -0.39 is 6.17 Å². The molecule has 5 heteroatoms. The summed E-state index contributed by atoms with van der Waals surface area (Å²) in [7, 11) is 0. The molecule has 0 fully saturated rings. The molecule has 2 aromatic carbocycles. The highest BCUT2D eigenvalue weighted by molar-refractivity contribution is 5.64. The van der Waals surface area contributed by atoms with Crippen molar-refractivity contribution in [1.82, 2.24) is 9.97 Å². The molecule has 0 aliphatic carbocycles. The van der Waals surface area contributed by atoms with E-state index in [1.54, 1.807) is 0 Å². The molecule has 4 nitrogen and oxygen atoms in total. The third kappa shape index (κ3) is 7.33. The predicted molar refractivity (Wildman–Crippen MR) is 128 cm³/mol. The smallest absolute Gasteiger partial charge is 0.159 e. The molecule has 0 saturated heterocycles. The zero-order valence-electron chi connectivity index (χ0n) is 19.1. The van der Waals surface area contributed by atoms with E-state index in [2.05, 4.69) is 23.8 Å². The Hall–Kier alpha value is -2.95. The summed E-state index contributed by atoms with van der Waals surface area (Å²) in [5.41, 5.74) is 2.89. The summed E-state index contributed by atoms with van der Waals surface area (Å²) in [5, 5.41) is 0. The summed E-state index contributed by atoms with van der Waals surface area (Å²) >= 11 is 0. The molecule has 0 aliphatic heterocycles. The van der Waals surface area contributed by atoms with Gasteiger partial charge < -0.3 is 9.47 Å². The molecule has 0 saturated carbocycles. The first kappa shape index (κ1) is 23.7. The molecule has 0 spiro atoms. The van der Waals surface area contributed by atoms with Gasteiger partial charge in [0.05, 0.1) is 6.61 Å². The van der Waals surface area contributed by atoms with Gasteiger partial charge in [0.15, 0.2) is 5.82 Å². The van der Waals surface area contributed by atoms with Crippen LogP contribution in [-0.2, 0) is 0 Å². The fourth-order valence-electron chi connectivity index (χ4n) is 3.31. The average Bonchev–Trinajstić information content (AvgIpc) is 2.85. The highest BCUT2D eigenvalue weighted by atomic mass is 19.1. The Kier molecular flexibility index (Phi) is 9.48. The van der Waals surface area contributed by atoms with Crippen molar-refractivity contribution in [3.05, 3.63) is 60.9 Å². The lowest BCUT2D eigenvalue weighted by molar-refractivity contribution is 0.184. The summed E-state index contributed by atoms with van der Waals surface area (Å²) in [4.78, 5) is 9.02. The molecule has 170 valence electrons. The number of aromatic nitrogens is 2. The van der Waals surface area contributed by atoms with Crippen LogP contribution in [0.1, 0.15) is 52.4 Å². The Morgan fingerprint density at radius 2 is 1.31 bits per heavy atom. The monoisotopic (exact) mass is 436 g/mol. The van der Waals surface area contributed by atoms with Gasteiger partial charge in [0.25, 0.3) is 0 Å². The minimum absolute atomic E-state index is 0.0904. The topological polar surface area (TPSA) is 44.2 Å². The van der Waals surface area contributed by atoms with E-state index in [0.717, 1.165) is 48.3 Å². The Morgan fingerprint density at radius 1 is 0.719 bits per heavy atom. The minimum Gasteiger partial charge on any atom is -0.494 e. The van der Waals surface area contributed by atoms with E-state index in [1.807, 2.05) is 60.9 Å². The lowest BCUT2D eigenvalue weighted by Crippen LogP contribution is -2.12. The van der Waals surface area contributed by atoms with Crippen LogP contribution in [0.15, 0.2) is 60.9 Å². The maximum absolute atomic E-state index is 13.8. The molecule has 0 amide bonds. The van der Waals surface area contributed by atoms with Crippen LogP contribution in [0.25, 0.3) is 22.5 Å². The molecule has 32 heavy (non-hydrogen) atoms. The van der Waals surface area contributed by atoms with Gasteiger partial charge in [-0.1, -0.05) is 51.7 Å². The van der Waals surface area contributed by atoms with Crippen LogP contribution >= 0.6 is 0 Å². The Morgan fingerprint density at radius 3 is 1.94 bits per heavy atom. The van der Waals surface area contributed by atoms with Crippen LogP contribution in [0.3, 0.4) is 0 Å². The third-order valence-corrected chi connectivity index (χ3v) is 5.27. The first-order chi connectivity index (χ1) is 15.7. The van der Waals surface area contributed by atoms with Crippen LogP contribution in [0, 0.1) is 0 Å². The largest absolute Gasteiger partial charge is 0.494 e. The second-order valence-electron chi connectivity index (χ2n) is 7.95. The Bertz CT molecular complexity index is 912. The molecule has 1 atom stereocenters. The fourth-order valence-corrected chi connectivity index (χ4v) is 3.31. The van der Waals surface area contributed by atoms with Crippen LogP contribution in [0.5, 0.6) is 11.5 Å². The second-order valence-corrected chi connectivity index (χ2v) is 7.95. The Balaban J connectivity index is 1.55. The quantitative estimate of drug-likeness (QED) is 0.264. The summed E-state index contributed by atoms with van der Waals surface area (Å²) in [6, 6.07) is 15.5. The maximum Gasteiger partial charge on any atom is 0.159 e. The summed E-state index contributed by atoms with van der Waals surface area (Å²) in [5.74, 6) is 2.18. The zero-order chi connectivity index (χ0) is 22.6.